The van der Waals surface area contributed by atoms with Crippen LogP contribution in [0.1, 0.15) is 30.9 Å². The van der Waals surface area contributed by atoms with Crippen molar-refractivity contribution in [2.24, 2.45) is 0 Å². The van der Waals surface area contributed by atoms with E-state index in [1.807, 2.05) is 22.6 Å². The first-order chi connectivity index (χ1) is 7.79. The lowest BCUT2D eigenvalue weighted by Crippen LogP contribution is -2.08. The van der Waals surface area contributed by atoms with Crippen molar-refractivity contribution in [2.45, 2.75) is 31.5 Å². The zero-order valence-corrected chi connectivity index (χ0v) is 10.9. The number of alkyl halides is 3. The second kappa shape index (κ2) is 5.99. The van der Waals surface area contributed by atoms with Crippen LogP contribution in [0.15, 0.2) is 18.2 Å². The summed E-state index contributed by atoms with van der Waals surface area (Å²) in [7, 11) is 0. The molecular weight excluding hydrogens is 351 g/mol. The average molecular weight is 362 g/mol. The molecule has 0 saturated heterocycles. The summed E-state index contributed by atoms with van der Waals surface area (Å²) in [6, 6.07) is 3.82. The predicted octanol–water partition coefficient (Wildman–Crippen LogP) is 4.20. The Morgan fingerprint density at radius 2 is 1.94 bits per heavy atom. The van der Waals surface area contributed by atoms with Crippen molar-refractivity contribution in [3.63, 3.8) is 0 Å². The minimum atomic E-state index is -4.20. The van der Waals surface area contributed by atoms with Gasteiger partial charge in [-0.2, -0.15) is 13.2 Å². The van der Waals surface area contributed by atoms with Crippen molar-refractivity contribution < 1.29 is 22.7 Å². The quantitative estimate of drug-likeness (QED) is 0.629. The van der Waals surface area contributed by atoms with E-state index in [1.165, 1.54) is 18.2 Å². The number of hydrogen-bond donors (Lipinski definition) is 1. The highest BCUT2D eigenvalue weighted by molar-refractivity contribution is 14.1. The summed E-state index contributed by atoms with van der Waals surface area (Å²) in [5, 5.41) is 9.69. The SMILES string of the molecule is OC(CCCC(F)(F)F)c1ccc(F)cc1I. The molecule has 0 aliphatic rings. The van der Waals surface area contributed by atoms with Gasteiger partial charge in [0.05, 0.1) is 6.10 Å². The summed E-state index contributed by atoms with van der Waals surface area (Å²) in [6.45, 7) is 0. The van der Waals surface area contributed by atoms with Gasteiger partial charge in [-0.3, -0.25) is 0 Å². The molecule has 0 heterocycles. The Morgan fingerprint density at radius 1 is 1.29 bits per heavy atom. The lowest BCUT2D eigenvalue weighted by Gasteiger charge is -2.13. The molecule has 1 nitrogen and oxygen atoms in total. The maximum Gasteiger partial charge on any atom is 0.389 e. The van der Waals surface area contributed by atoms with Gasteiger partial charge in [0.2, 0.25) is 0 Å². The third-order valence-electron chi connectivity index (χ3n) is 2.26. The second-order valence-electron chi connectivity index (χ2n) is 3.69. The van der Waals surface area contributed by atoms with Gasteiger partial charge >= 0.3 is 6.18 Å². The maximum atomic E-state index is 12.8. The van der Waals surface area contributed by atoms with Gasteiger partial charge in [0.25, 0.3) is 0 Å². The zero-order valence-electron chi connectivity index (χ0n) is 8.77. The largest absolute Gasteiger partial charge is 0.389 e. The number of aliphatic hydroxyl groups excluding tert-OH is 1. The Morgan fingerprint density at radius 3 is 2.47 bits per heavy atom. The van der Waals surface area contributed by atoms with Crippen LogP contribution in [0.4, 0.5) is 17.6 Å². The van der Waals surface area contributed by atoms with E-state index in [4.69, 9.17) is 0 Å². The summed E-state index contributed by atoms with van der Waals surface area (Å²) in [4.78, 5) is 0. The molecule has 17 heavy (non-hydrogen) atoms. The van der Waals surface area contributed by atoms with Gasteiger partial charge in [-0.1, -0.05) is 6.07 Å². The molecule has 0 saturated carbocycles. The molecule has 0 aromatic heterocycles. The summed E-state index contributed by atoms with van der Waals surface area (Å²) in [5.74, 6) is -0.430. The fourth-order valence-corrected chi connectivity index (χ4v) is 2.26. The van der Waals surface area contributed by atoms with E-state index in [0.29, 0.717) is 9.13 Å². The van der Waals surface area contributed by atoms with Gasteiger partial charge in [0, 0.05) is 9.99 Å². The molecule has 1 aromatic carbocycles. The monoisotopic (exact) mass is 362 g/mol. The van der Waals surface area contributed by atoms with E-state index >= 15 is 0 Å². The zero-order chi connectivity index (χ0) is 13.1. The van der Waals surface area contributed by atoms with Crippen molar-refractivity contribution in [1.82, 2.24) is 0 Å². The molecule has 0 radical (unpaired) electrons. The standard InChI is InChI=1S/C11H11F4IO/c12-7-3-4-8(9(16)6-7)10(17)2-1-5-11(13,14)15/h3-4,6,10,17H,1-2,5H2. The fourth-order valence-electron chi connectivity index (χ4n) is 1.42. The number of benzene rings is 1. The van der Waals surface area contributed by atoms with Crippen molar-refractivity contribution in [1.29, 1.82) is 0 Å². The van der Waals surface area contributed by atoms with Crippen LogP contribution < -0.4 is 0 Å². The smallest absolute Gasteiger partial charge is 0.388 e. The van der Waals surface area contributed by atoms with Gasteiger partial charge in [-0.25, -0.2) is 4.39 Å². The van der Waals surface area contributed by atoms with Crippen LogP contribution in [0.5, 0.6) is 0 Å². The minimum absolute atomic E-state index is 0.0150. The lowest BCUT2D eigenvalue weighted by atomic mass is 10.0. The highest BCUT2D eigenvalue weighted by atomic mass is 127. The van der Waals surface area contributed by atoms with E-state index in [2.05, 4.69) is 0 Å². The summed E-state index contributed by atoms with van der Waals surface area (Å²) >= 11 is 1.85. The summed E-state index contributed by atoms with van der Waals surface area (Å²) in [6.07, 6.45) is -6.22. The number of halogens is 5. The van der Waals surface area contributed by atoms with E-state index in [9.17, 15) is 22.7 Å². The van der Waals surface area contributed by atoms with E-state index in [-0.39, 0.29) is 12.8 Å². The Bertz CT molecular complexity index is 378. The molecule has 0 amide bonds. The van der Waals surface area contributed by atoms with Gasteiger partial charge in [-0.15, -0.1) is 0 Å². The van der Waals surface area contributed by atoms with Gasteiger partial charge < -0.3 is 5.11 Å². The molecule has 0 fully saturated rings. The maximum absolute atomic E-state index is 12.8. The first-order valence-corrected chi connectivity index (χ1v) is 6.07. The predicted molar refractivity (Wildman–Crippen MR) is 64.0 cm³/mol. The number of rotatable bonds is 4. The van der Waals surface area contributed by atoms with Crippen LogP contribution in [0.3, 0.4) is 0 Å². The minimum Gasteiger partial charge on any atom is -0.388 e. The van der Waals surface area contributed by atoms with Crippen LogP contribution in [-0.2, 0) is 0 Å². The number of aliphatic hydroxyl groups is 1. The molecule has 1 unspecified atom stereocenters. The molecule has 1 aromatic rings. The molecule has 1 rings (SSSR count). The first-order valence-electron chi connectivity index (χ1n) is 4.99. The van der Waals surface area contributed by atoms with Crippen LogP contribution >= 0.6 is 22.6 Å². The van der Waals surface area contributed by atoms with E-state index in [0.717, 1.165) is 0 Å². The molecule has 96 valence electrons. The molecule has 1 atom stereocenters. The van der Waals surface area contributed by atoms with Crippen LogP contribution in [0.25, 0.3) is 0 Å². The van der Waals surface area contributed by atoms with Crippen LogP contribution in [0, 0.1) is 9.39 Å². The van der Waals surface area contributed by atoms with Crippen molar-refractivity contribution in [3.8, 4) is 0 Å². The van der Waals surface area contributed by atoms with Crippen molar-refractivity contribution in [3.05, 3.63) is 33.1 Å². The highest BCUT2D eigenvalue weighted by Gasteiger charge is 2.26. The highest BCUT2D eigenvalue weighted by Crippen LogP contribution is 2.28. The number of hydrogen-bond acceptors (Lipinski definition) is 1. The van der Waals surface area contributed by atoms with E-state index in [1.54, 1.807) is 0 Å². The van der Waals surface area contributed by atoms with Crippen LogP contribution in [-0.4, -0.2) is 11.3 Å². The summed E-state index contributed by atoms with van der Waals surface area (Å²) < 4.78 is 49.0. The van der Waals surface area contributed by atoms with Crippen LogP contribution in [0.2, 0.25) is 0 Å². The van der Waals surface area contributed by atoms with Gasteiger partial charge in [0.15, 0.2) is 0 Å². The Kier molecular flexibility index (Phi) is 5.18. The first kappa shape index (κ1) is 14.7. The normalized spacial score (nSPS) is 13.8. The Balaban J connectivity index is 2.55. The summed E-state index contributed by atoms with van der Waals surface area (Å²) in [5.41, 5.74) is 0.467. The average Bonchev–Trinajstić information content (AvgIpc) is 2.15. The molecule has 0 aliphatic carbocycles. The molecule has 6 heteroatoms. The topological polar surface area (TPSA) is 20.2 Å². The lowest BCUT2D eigenvalue weighted by molar-refractivity contribution is -0.136. The fraction of sp³-hybridized carbons (Fsp3) is 0.455. The molecule has 0 spiro atoms. The van der Waals surface area contributed by atoms with E-state index < -0.39 is 24.5 Å². The second-order valence-corrected chi connectivity index (χ2v) is 4.85. The molecule has 0 bridgehead atoms. The Hall–Kier alpha value is -0.370. The van der Waals surface area contributed by atoms with Crippen molar-refractivity contribution >= 4 is 22.6 Å². The molecular formula is C11H11F4IO. The van der Waals surface area contributed by atoms with Gasteiger partial charge in [-0.05, 0) is 53.1 Å². The molecule has 1 N–H and O–H groups in total. The molecule has 0 aliphatic heterocycles. The third kappa shape index (κ3) is 5.20. The Labute approximate surface area is 110 Å². The third-order valence-corrected chi connectivity index (χ3v) is 3.19. The van der Waals surface area contributed by atoms with Gasteiger partial charge in [0.1, 0.15) is 5.82 Å². The van der Waals surface area contributed by atoms with Crippen molar-refractivity contribution in [2.75, 3.05) is 0 Å².